The second-order valence-electron chi connectivity index (χ2n) is 6.15. The van der Waals surface area contributed by atoms with Crippen LogP contribution in [0.5, 0.6) is 5.75 Å². The van der Waals surface area contributed by atoms with Gasteiger partial charge in [-0.25, -0.2) is 0 Å². The van der Waals surface area contributed by atoms with Crippen molar-refractivity contribution in [3.05, 3.63) is 35.0 Å². The molecule has 128 valence electrons. The molecule has 1 amide bonds. The SMILES string of the molecule is CC1(O)CC(NC(=O)c2cnc3cc(OC(F)F)c(Cl)cc3c2)C1. The first-order valence-electron chi connectivity index (χ1n) is 7.31. The molecule has 1 aliphatic carbocycles. The molecule has 2 aromatic rings. The molecule has 0 bridgehead atoms. The summed E-state index contributed by atoms with van der Waals surface area (Å²) < 4.78 is 28.9. The van der Waals surface area contributed by atoms with Crippen LogP contribution in [-0.2, 0) is 0 Å². The summed E-state index contributed by atoms with van der Waals surface area (Å²) in [5, 5.41) is 13.0. The lowest BCUT2D eigenvalue weighted by atomic mass is 9.77. The first-order chi connectivity index (χ1) is 11.2. The molecule has 1 aliphatic rings. The minimum absolute atomic E-state index is 0.0113. The van der Waals surface area contributed by atoms with E-state index < -0.39 is 12.2 Å². The molecule has 0 unspecified atom stereocenters. The van der Waals surface area contributed by atoms with Crippen LogP contribution in [0.15, 0.2) is 24.4 Å². The van der Waals surface area contributed by atoms with Gasteiger partial charge in [-0.05, 0) is 31.9 Å². The number of halogens is 3. The minimum Gasteiger partial charge on any atom is -0.433 e. The number of ether oxygens (including phenoxy) is 1. The van der Waals surface area contributed by atoms with Crippen LogP contribution in [-0.4, -0.2) is 34.3 Å². The van der Waals surface area contributed by atoms with E-state index in [4.69, 9.17) is 11.6 Å². The van der Waals surface area contributed by atoms with Crippen LogP contribution in [0.1, 0.15) is 30.1 Å². The zero-order chi connectivity index (χ0) is 17.5. The number of nitrogens with one attached hydrogen (secondary N) is 1. The van der Waals surface area contributed by atoms with Crippen LogP contribution in [0.3, 0.4) is 0 Å². The van der Waals surface area contributed by atoms with E-state index in [9.17, 15) is 18.7 Å². The van der Waals surface area contributed by atoms with Gasteiger partial charge in [-0.3, -0.25) is 9.78 Å². The van der Waals surface area contributed by atoms with Crippen molar-refractivity contribution in [1.82, 2.24) is 10.3 Å². The number of nitrogens with zero attached hydrogens (tertiary/aromatic N) is 1. The van der Waals surface area contributed by atoms with Gasteiger partial charge in [0.15, 0.2) is 0 Å². The van der Waals surface area contributed by atoms with Gasteiger partial charge in [-0.15, -0.1) is 0 Å². The summed E-state index contributed by atoms with van der Waals surface area (Å²) in [5.74, 6) is -0.477. The molecular formula is C16H15ClF2N2O3. The van der Waals surface area contributed by atoms with Crippen molar-refractivity contribution in [1.29, 1.82) is 0 Å². The van der Waals surface area contributed by atoms with E-state index in [0.717, 1.165) is 0 Å². The van der Waals surface area contributed by atoms with Gasteiger partial charge in [0, 0.05) is 23.7 Å². The molecule has 1 aromatic heterocycles. The van der Waals surface area contributed by atoms with E-state index in [2.05, 4.69) is 15.0 Å². The molecule has 8 heteroatoms. The fourth-order valence-corrected chi connectivity index (χ4v) is 3.03. The number of pyridine rings is 1. The fourth-order valence-electron chi connectivity index (χ4n) is 2.81. The van der Waals surface area contributed by atoms with Gasteiger partial charge in [0.2, 0.25) is 0 Å². The van der Waals surface area contributed by atoms with E-state index >= 15 is 0 Å². The highest BCUT2D eigenvalue weighted by Crippen LogP contribution is 2.32. The molecule has 2 N–H and O–H groups in total. The van der Waals surface area contributed by atoms with Crippen LogP contribution in [0.4, 0.5) is 8.78 Å². The standard InChI is InChI=1S/C16H15ClF2N2O3/c1-16(23)5-10(6-16)21-14(22)9-2-8-3-11(17)13(24-15(18)19)4-12(8)20-7-9/h2-4,7,10,15,23H,5-6H2,1H3,(H,21,22). The molecule has 1 heterocycles. The molecule has 0 radical (unpaired) electrons. The fraction of sp³-hybridized carbons (Fsp3) is 0.375. The Morgan fingerprint density at radius 2 is 2.17 bits per heavy atom. The highest BCUT2D eigenvalue weighted by Gasteiger charge is 2.39. The number of carbonyl (C=O) groups is 1. The summed E-state index contributed by atoms with van der Waals surface area (Å²) in [6.45, 7) is -1.27. The first-order valence-corrected chi connectivity index (χ1v) is 7.69. The molecule has 3 rings (SSSR count). The number of amides is 1. The number of fused-ring (bicyclic) bond motifs is 1. The van der Waals surface area contributed by atoms with Gasteiger partial charge in [0.25, 0.3) is 5.91 Å². The van der Waals surface area contributed by atoms with Gasteiger partial charge in [-0.2, -0.15) is 8.78 Å². The van der Waals surface area contributed by atoms with Crippen molar-refractivity contribution < 1.29 is 23.4 Å². The predicted octanol–water partition coefficient (Wildman–Crippen LogP) is 3.13. The minimum atomic E-state index is -2.98. The topological polar surface area (TPSA) is 71.5 Å². The van der Waals surface area contributed by atoms with Crippen molar-refractivity contribution in [2.75, 3.05) is 0 Å². The third kappa shape index (κ3) is 3.57. The zero-order valence-corrected chi connectivity index (χ0v) is 13.5. The first kappa shape index (κ1) is 16.9. The lowest BCUT2D eigenvalue weighted by Crippen LogP contribution is -2.53. The van der Waals surface area contributed by atoms with Gasteiger partial charge in [-0.1, -0.05) is 11.6 Å². The van der Waals surface area contributed by atoms with E-state index in [1.54, 1.807) is 13.0 Å². The molecular weight excluding hydrogens is 342 g/mol. The lowest BCUT2D eigenvalue weighted by Gasteiger charge is -2.41. The van der Waals surface area contributed by atoms with Gasteiger partial charge in [0.05, 0.1) is 21.7 Å². The predicted molar refractivity (Wildman–Crippen MR) is 84.5 cm³/mol. The molecule has 0 atom stereocenters. The number of hydrogen-bond acceptors (Lipinski definition) is 4. The summed E-state index contributed by atoms with van der Waals surface area (Å²) in [5.41, 5.74) is -0.0143. The summed E-state index contributed by atoms with van der Waals surface area (Å²) in [6.07, 6.45) is 2.36. The summed E-state index contributed by atoms with van der Waals surface area (Å²) in [7, 11) is 0. The maximum atomic E-state index is 12.3. The molecule has 0 spiro atoms. The molecule has 1 fully saturated rings. The number of benzene rings is 1. The molecule has 0 saturated heterocycles. The third-order valence-electron chi connectivity index (χ3n) is 3.92. The van der Waals surface area contributed by atoms with E-state index in [-0.39, 0.29) is 22.7 Å². The maximum absolute atomic E-state index is 12.3. The summed E-state index contributed by atoms with van der Waals surface area (Å²) >= 11 is 5.91. The Balaban J connectivity index is 1.79. The van der Waals surface area contributed by atoms with Crippen LogP contribution in [0.2, 0.25) is 5.02 Å². The van der Waals surface area contributed by atoms with Gasteiger partial charge in [0.1, 0.15) is 5.75 Å². The average molecular weight is 357 g/mol. The van der Waals surface area contributed by atoms with Gasteiger partial charge < -0.3 is 15.2 Å². The van der Waals surface area contributed by atoms with Crippen molar-refractivity contribution in [3.63, 3.8) is 0 Å². The average Bonchev–Trinajstić information content (AvgIpc) is 2.45. The van der Waals surface area contributed by atoms with Crippen molar-refractivity contribution in [3.8, 4) is 5.75 Å². The number of rotatable bonds is 4. The Bertz CT molecular complexity index is 790. The highest BCUT2D eigenvalue weighted by molar-refractivity contribution is 6.32. The van der Waals surface area contributed by atoms with Crippen LogP contribution in [0, 0.1) is 0 Å². The number of aliphatic hydroxyl groups is 1. The summed E-state index contributed by atoms with van der Waals surface area (Å²) in [6, 6.07) is 4.22. The van der Waals surface area contributed by atoms with Crippen LogP contribution >= 0.6 is 11.6 Å². The molecule has 5 nitrogen and oxygen atoms in total. The summed E-state index contributed by atoms with van der Waals surface area (Å²) in [4.78, 5) is 16.3. The third-order valence-corrected chi connectivity index (χ3v) is 4.22. The Morgan fingerprint density at radius 1 is 1.46 bits per heavy atom. The highest BCUT2D eigenvalue weighted by atomic mass is 35.5. The molecule has 0 aliphatic heterocycles. The van der Waals surface area contributed by atoms with Crippen molar-refractivity contribution in [2.45, 2.75) is 38.0 Å². The quantitative estimate of drug-likeness (QED) is 0.883. The second kappa shape index (κ2) is 6.14. The second-order valence-corrected chi connectivity index (χ2v) is 6.56. The largest absolute Gasteiger partial charge is 0.433 e. The maximum Gasteiger partial charge on any atom is 0.387 e. The smallest absolute Gasteiger partial charge is 0.387 e. The van der Waals surface area contributed by atoms with Gasteiger partial charge >= 0.3 is 6.61 Å². The van der Waals surface area contributed by atoms with E-state index in [0.29, 0.717) is 29.3 Å². The van der Waals surface area contributed by atoms with E-state index in [1.807, 2.05) is 0 Å². The number of carbonyl (C=O) groups excluding carboxylic acids is 1. The molecule has 1 aromatic carbocycles. The Kier molecular flexibility index (Phi) is 4.31. The van der Waals surface area contributed by atoms with E-state index in [1.165, 1.54) is 18.3 Å². The monoisotopic (exact) mass is 356 g/mol. The molecule has 24 heavy (non-hydrogen) atoms. The van der Waals surface area contributed by atoms with Crippen LogP contribution < -0.4 is 10.1 Å². The number of aromatic nitrogens is 1. The van der Waals surface area contributed by atoms with Crippen molar-refractivity contribution >= 4 is 28.4 Å². The zero-order valence-electron chi connectivity index (χ0n) is 12.7. The number of hydrogen-bond donors (Lipinski definition) is 2. The van der Waals surface area contributed by atoms with Crippen molar-refractivity contribution in [2.24, 2.45) is 0 Å². The Labute approximate surface area is 141 Å². The molecule has 1 saturated carbocycles. The van der Waals surface area contributed by atoms with Crippen LogP contribution in [0.25, 0.3) is 10.9 Å². The lowest BCUT2D eigenvalue weighted by molar-refractivity contribution is -0.0497. The Morgan fingerprint density at radius 3 is 2.79 bits per heavy atom. The Hall–Kier alpha value is -1.99. The normalized spacial score (nSPS) is 23.2. The number of alkyl halides is 2.